The Bertz CT molecular complexity index is 810. The van der Waals surface area contributed by atoms with Gasteiger partial charge in [0.25, 0.3) is 5.91 Å². The number of para-hydroxylation sites is 2. The van der Waals surface area contributed by atoms with Gasteiger partial charge in [-0.25, -0.2) is 0 Å². The van der Waals surface area contributed by atoms with Gasteiger partial charge in [-0.15, -0.1) is 10.2 Å². The minimum atomic E-state index is -0.220. The number of carbonyl (C=O) groups excluding carboxylic acids is 1. The molecular formula is C15H14N4O2. The van der Waals surface area contributed by atoms with Crippen molar-refractivity contribution in [2.24, 2.45) is 0 Å². The quantitative estimate of drug-likeness (QED) is 0.800. The molecule has 1 N–H and O–H groups in total. The third kappa shape index (κ3) is 2.43. The summed E-state index contributed by atoms with van der Waals surface area (Å²) in [5.74, 6) is 1.18. The van der Waals surface area contributed by atoms with Crippen LogP contribution < -0.4 is 10.1 Å². The van der Waals surface area contributed by atoms with E-state index in [9.17, 15) is 4.79 Å². The summed E-state index contributed by atoms with van der Waals surface area (Å²) in [4.78, 5) is 12.3. The van der Waals surface area contributed by atoms with Gasteiger partial charge in [-0.05, 0) is 31.2 Å². The van der Waals surface area contributed by atoms with E-state index in [0.717, 1.165) is 5.82 Å². The molecule has 0 aliphatic rings. The van der Waals surface area contributed by atoms with Crippen molar-refractivity contribution < 1.29 is 9.53 Å². The van der Waals surface area contributed by atoms with Crippen LogP contribution in [0, 0.1) is 6.92 Å². The van der Waals surface area contributed by atoms with Gasteiger partial charge in [0.1, 0.15) is 11.6 Å². The third-order valence-electron chi connectivity index (χ3n) is 3.20. The minimum Gasteiger partial charge on any atom is -0.495 e. The number of nitrogens with zero attached hydrogens (tertiary/aromatic N) is 3. The van der Waals surface area contributed by atoms with E-state index in [0.29, 0.717) is 22.6 Å². The molecule has 2 heterocycles. The first-order valence-electron chi connectivity index (χ1n) is 6.45. The monoisotopic (exact) mass is 282 g/mol. The van der Waals surface area contributed by atoms with E-state index in [2.05, 4.69) is 15.5 Å². The summed E-state index contributed by atoms with van der Waals surface area (Å²) in [5, 5.41) is 10.8. The Morgan fingerprint density at radius 1 is 1.24 bits per heavy atom. The molecular weight excluding hydrogens is 268 g/mol. The van der Waals surface area contributed by atoms with Crippen LogP contribution in [0.3, 0.4) is 0 Å². The van der Waals surface area contributed by atoms with Crippen LogP contribution in [0.5, 0.6) is 5.75 Å². The van der Waals surface area contributed by atoms with Crippen molar-refractivity contribution in [3.05, 3.63) is 54.0 Å². The van der Waals surface area contributed by atoms with Gasteiger partial charge in [0.05, 0.1) is 12.8 Å². The minimum absolute atomic E-state index is 0.220. The van der Waals surface area contributed by atoms with E-state index >= 15 is 0 Å². The predicted molar refractivity (Wildman–Crippen MR) is 78.7 cm³/mol. The lowest BCUT2D eigenvalue weighted by Gasteiger charge is -2.09. The Hall–Kier alpha value is -2.89. The van der Waals surface area contributed by atoms with Gasteiger partial charge < -0.3 is 10.1 Å². The maximum absolute atomic E-state index is 12.3. The lowest BCUT2D eigenvalue weighted by Crippen LogP contribution is -2.13. The van der Waals surface area contributed by atoms with Crippen LogP contribution in [-0.4, -0.2) is 27.6 Å². The van der Waals surface area contributed by atoms with E-state index in [1.807, 2.05) is 23.5 Å². The molecule has 0 aliphatic carbocycles. The Labute approximate surface area is 121 Å². The molecule has 3 aromatic rings. The third-order valence-corrected chi connectivity index (χ3v) is 3.20. The summed E-state index contributed by atoms with van der Waals surface area (Å²) >= 11 is 0. The van der Waals surface area contributed by atoms with Crippen LogP contribution in [-0.2, 0) is 0 Å². The molecule has 0 radical (unpaired) electrons. The van der Waals surface area contributed by atoms with Gasteiger partial charge >= 0.3 is 0 Å². The fraction of sp³-hybridized carbons (Fsp3) is 0.133. The van der Waals surface area contributed by atoms with E-state index in [1.54, 1.807) is 37.6 Å². The van der Waals surface area contributed by atoms with Gasteiger partial charge in [-0.2, -0.15) is 0 Å². The van der Waals surface area contributed by atoms with Crippen molar-refractivity contribution in [2.45, 2.75) is 6.92 Å². The molecule has 6 heteroatoms. The number of carbonyl (C=O) groups is 1. The van der Waals surface area contributed by atoms with Crippen molar-refractivity contribution >= 4 is 17.2 Å². The van der Waals surface area contributed by atoms with Crippen LogP contribution in [0.4, 0.5) is 5.69 Å². The zero-order chi connectivity index (χ0) is 14.8. The lowest BCUT2D eigenvalue weighted by atomic mass is 10.2. The Morgan fingerprint density at radius 2 is 2.05 bits per heavy atom. The maximum atomic E-state index is 12.3. The number of methoxy groups -OCH3 is 1. The number of amides is 1. The van der Waals surface area contributed by atoms with Gasteiger partial charge in [0.15, 0.2) is 5.65 Å². The largest absolute Gasteiger partial charge is 0.495 e. The highest BCUT2D eigenvalue weighted by Gasteiger charge is 2.11. The Kier molecular flexibility index (Phi) is 3.27. The van der Waals surface area contributed by atoms with Gasteiger partial charge in [-0.3, -0.25) is 9.20 Å². The highest BCUT2D eigenvalue weighted by atomic mass is 16.5. The van der Waals surface area contributed by atoms with Crippen molar-refractivity contribution in [2.75, 3.05) is 12.4 Å². The van der Waals surface area contributed by atoms with Crippen LogP contribution in [0.15, 0.2) is 42.6 Å². The fourth-order valence-corrected chi connectivity index (χ4v) is 2.09. The molecule has 6 nitrogen and oxygen atoms in total. The average molecular weight is 282 g/mol. The molecule has 1 amide bonds. The standard InChI is InChI=1S/C15H14N4O2/c1-10-17-18-14-9-11(7-8-19(10)14)15(20)16-12-5-3-4-6-13(12)21-2/h3-9H,1-2H3,(H,16,20). The van der Waals surface area contributed by atoms with Crippen molar-refractivity contribution in [3.8, 4) is 5.75 Å². The first kappa shape index (κ1) is 13.1. The van der Waals surface area contributed by atoms with E-state index in [4.69, 9.17) is 4.74 Å². The summed E-state index contributed by atoms with van der Waals surface area (Å²) in [6.07, 6.45) is 1.78. The number of aryl methyl sites for hydroxylation is 1. The van der Waals surface area contributed by atoms with Crippen LogP contribution in [0.25, 0.3) is 5.65 Å². The maximum Gasteiger partial charge on any atom is 0.255 e. The van der Waals surface area contributed by atoms with Crippen LogP contribution in [0.1, 0.15) is 16.2 Å². The van der Waals surface area contributed by atoms with Crippen molar-refractivity contribution in [1.82, 2.24) is 14.6 Å². The summed E-state index contributed by atoms with van der Waals surface area (Å²) in [6, 6.07) is 10.7. The Balaban J connectivity index is 1.90. The number of aromatic nitrogens is 3. The van der Waals surface area contributed by atoms with E-state index < -0.39 is 0 Å². The van der Waals surface area contributed by atoms with E-state index in [1.165, 1.54) is 0 Å². The van der Waals surface area contributed by atoms with Crippen molar-refractivity contribution in [3.63, 3.8) is 0 Å². The molecule has 0 bridgehead atoms. The Morgan fingerprint density at radius 3 is 2.86 bits per heavy atom. The first-order valence-corrected chi connectivity index (χ1v) is 6.45. The first-order chi connectivity index (χ1) is 10.2. The number of anilines is 1. The molecule has 0 aliphatic heterocycles. The number of pyridine rings is 1. The molecule has 0 spiro atoms. The smallest absolute Gasteiger partial charge is 0.255 e. The second-order valence-corrected chi connectivity index (χ2v) is 4.55. The molecule has 0 atom stereocenters. The second kappa shape index (κ2) is 5.24. The molecule has 0 saturated heterocycles. The normalized spacial score (nSPS) is 10.6. The van der Waals surface area contributed by atoms with Gasteiger partial charge in [-0.1, -0.05) is 12.1 Å². The van der Waals surface area contributed by atoms with Gasteiger partial charge in [0, 0.05) is 11.8 Å². The summed E-state index contributed by atoms with van der Waals surface area (Å²) in [7, 11) is 1.57. The number of fused-ring (bicyclic) bond motifs is 1. The number of hydrogen-bond acceptors (Lipinski definition) is 4. The number of nitrogens with one attached hydrogen (secondary N) is 1. The zero-order valence-electron chi connectivity index (χ0n) is 11.7. The topological polar surface area (TPSA) is 68.5 Å². The summed E-state index contributed by atoms with van der Waals surface area (Å²) in [5.41, 5.74) is 1.78. The summed E-state index contributed by atoms with van der Waals surface area (Å²) in [6.45, 7) is 1.86. The van der Waals surface area contributed by atoms with Gasteiger partial charge in [0.2, 0.25) is 0 Å². The molecule has 0 saturated carbocycles. The molecule has 0 fully saturated rings. The lowest BCUT2D eigenvalue weighted by molar-refractivity contribution is 0.102. The number of hydrogen-bond donors (Lipinski definition) is 1. The van der Waals surface area contributed by atoms with E-state index in [-0.39, 0.29) is 5.91 Å². The fourth-order valence-electron chi connectivity index (χ4n) is 2.09. The number of ether oxygens (including phenoxy) is 1. The molecule has 106 valence electrons. The second-order valence-electron chi connectivity index (χ2n) is 4.55. The highest BCUT2D eigenvalue weighted by Crippen LogP contribution is 2.23. The molecule has 2 aromatic heterocycles. The van der Waals surface area contributed by atoms with Crippen molar-refractivity contribution in [1.29, 1.82) is 0 Å². The molecule has 0 unspecified atom stereocenters. The average Bonchev–Trinajstić information content (AvgIpc) is 2.88. The highest BCUT2D eigenvalue weighted by molar-refractivity contribution is 6.05. The molecule has 21 heavy (non-hydrogen) atoms. The van der Waals surface area contributed by atoms with Crippen LogP contribution in [0.2, 0.25) is 0 Å². The number of benzene rings is 1. The summed E-state index contributed by atoms with van der Waals surface area (Å²) < 4.78 is 7.03. The molecule has 1 aromatic carbocycles. The molecule has 3 rings (SSSR count). The number of rotatable bonds is 3. The zero-order valence-corrected chi connectivity index (χ0v) is 11.7. The predicted octanol–water partition coefficient (Wildman–Crippen LogP) is 2.30. The van der Waals surface area contributed by atoms with Crippen LogP contribution >= 0.6 is 0 Å². The SMILES string of the molecule is COc1ccccc1NC(=O)c1ccn2c(C)nnc2c1.